The maximum atomic E-state index is 13.0. The highest BCUT2D eigenvalue weighted by Gasteiger charge is 2.36. The number of carbonyl (C=O) groups excluding carboxylic acids is 2. The number of ether oxygens (including phenoxy) is 3. The highest BCUT2D eigenvalue weighted by atomic mass is 16.5. The summed E-state index contributed by atoms with van der Waals surface area (Å²) in [5, 5.41) is 3.05. The van der Waals surface area contributed by atoms with Crippen LogP contribution in [0.4, 0.5) is 5.69 Å². The van der Waals surface area contributed by atoms with Crippen LogP contribution in [0.25, 0.3) is 0 Å². The molecule has 2 aromatic rings. The molecule has 32 heavy (non-hydrogen) atoms. The van der Waals surface area contributed by atoms with Gasteiger partial charge >= 0.3 is 0 Å². The lowest BCUT2D eigenvalue weighted by atomic mass is 10.0. The molecular formula is C25H32N2O5. The molecule has 1 saturated heterocycles. The molecule has 0 bridgehead atoms. The lowest BCUT2D eigenvalue weighted by molar-refractivity contribution is -0.126. The Morgan fingerprint density at radius 1 is 1.00 bits per heavy atom. The maximum Gasteiger partial charge on any atom is 0.227 e. The molecule has 2 amide bonds. The van der Waals surface area contributed by atoms with Gasteiger partial charge < -0.3 is 24.4 Å². The number of carbonyl (C=O) groups is 2. The minimum atomic E-state index is -0.423. The van der Waals surface area contributed by atoms with Crippen molar-refractivity contribution in [2.75, 3.05) is 31.3 Å². The molecule has 2 unspecified atom stereocenters. The number of anilines is 1. The van der Waals surface area contributed by atoms with Crippen LogP contribution in [0.2, 0.25) is 0 Å². The van der Waals surface area contributed by atoms with Crippen LogP contribution in [0.15, 0.2) is 42.5 Å². The van der Waals surface area contributed by atoms with Gasteiger partial charge in [-0.2, -0.15) is 0 Å². The number of hydrogen-bond donors (Lipinski definition) is 1. The molecule has 2 atom stereocenters. The van der Waals surface area contributed by atoms with Crippen LogP contribution in [0, 0.1) is 5.92 Å². The lowest BCUT2D eigenvalue weighted by Gasteiger charge is -2.21. The summed E-state index contributed by atoms with van der Waals surface area (Å²) in [5.74, 6) is 1.34. The van der Waals surface area contributed by atoms with Crippen molar-refractivity contribution in [1.82, 2.24) is 5.32 Å². The molecule has 1 aliphatic heterocycles. The second-order valence-corrected chi connectivity index (χ2v) is 7.61. The summed E-state index contributed by atoms with van der Waals surface area (Å²) < 4.78 is 17.0. The minimum absolute atomic E-state index is 0.0790. The predicted octanol–water partition coefficient (Wildman–Crippen LogP) is 4.11. The van der Waals surface area contributed by atoms with Crippen molar-refractivity contribution in [3.63, 3.8) is 0 Å². The van der Waals surface area contributed by atoms with Gasteiger partial charge in [0.15, 0.2) is 11.5 Å². The van der Waals surface area contributed by atoms with E-state index in [0.29, 0.717) is 49.3 Å². The first kappa shape index (κ1) is 23.4. The number of amides is 2. The van der Waals surface area contributed by atoms with Gasteiger partial charge in [0.25, 0.3) is 0 Å². The zero-order chi connectivity index (χ0) is 23.1. The van der Waals surface area contributed by atoms with E-state index in [0.717, 1.165) is 5.56 Å². The predicted molar refractivity (Wildman–Crippen MR) is 123 cm³/mol. The summed E-state index contributed by atoms with van der Waals surface area (Å²) in [4.78, 5) is 27.3. The van der Waals surface area contributed by atoms with Crippen LogP contribution in [-0.2, 0) is 9.59 Å². The first-order valence-corrected chi connectivity index (χ1v) is 11.2. The zero-order valence-corrected chi connectivity index (χ0v) is 19.2. The van der Waals surface area contributed by atoms with Gasteiger partial charge in [-0.25, -0.2) is 0 Å². The van der Waals surface area contributed by atoms with Crippen molar-refractivity contribution < 1.29 is 23.8 Å². The van der Waals surface area contributed by atoms with Gasteiger partial charge in [0.2, 0.25) is 11.8 Å². The SMILES string of the molecule is CCOc1ccc(C(C)NC(=O)C2CC(=O)N(c3ccccc3OCC)C2)cc1OCC. The number of hydrogen-bond acceptors (Lipinski definition) is 5. The minimum Gasteiger partial charge on any atom is -0.492 e. The Balaban J connectivity index is 1.69. The van der Waals surface area contributed by atoms with Gasteiger partial charge in [0.1, 0.15) is 5.75 Å². The van der Waals surface area contributed by atoms with Crippen molar-refractivity contribution in [2.45, 2.75) is 40.2 Å². The summed E-state index contributed by atoms with van der Waals surface area (Å²) in [6.45, 7) is 9.56. The topological polar surface area (TPSA) is 77.1 Å². The first-order valence-electron chi connectivity index (χ1n) is 11.2. The average Bonchev–Trinajstić information content (AvgIpc) is 3.17. The molecule has 0 spiro atoms. The monoisotopic (exact) mass is 440 g/mol. The van der Waals surface area contributed by atoms with Crippen molar-refractivity contribution in [1.29, 1.82) is 0 Å². The van der Waals surface area contributed by atoms with Crippen LogP contribution in [0.5, 0.6) is 17.2 Å². The van der Waals surface area contributed by atoms with Crippen molar-refractivity contribution in [3.05, 3.63) is 48.0 Å². The number of nitrogens with zero attached hydrogens (tertiary/aromatic N) is 1. The Labute approximate surface area is 189 Å². The largest absolute Gasteiger partial charge is 0.492 e. The van der Waals surface area contributed by atoms with E-state index in [1.54, 1.807) is 4.90 Å². The first-order chi connectivity index (χ1) is 15.5. The van der Waals surface area contributed by atoms with E-state index in [9.17, 15) is 9.59 Å². The highest BCUT2D eigenvalue weighted by Crippen LogP contribution is 2.34. The third-order valence-corrected chi connectivity index (χ3v) is 5.38. The average molecular weight is 441 g/mol. The number of rotatable bonds is 10. The normalized spacial score (nSPS) is 16.6. The standard InChI is InChI=1S/C25H32N2O5/c1-5-30-21-11-9-8-10-20(21)27-16-19(15-24(27)28)25(29)26-17(4)18-12-13-22(31-6-2)23(14-18)32-7-3/h8-14,17,19H,5-7,15-16H2,1-4H3,(H,26,29). The number of para-hydroxylation sites is 2. The summed E-state index contributed by atoms with van der Waals surface area (Å²) >= 11 is 0. The van der Waals surface area contributed by atoms with E-state index in [4.69, 9.17) is 14.2 Å². The van der Waals surface area contributed by atoms with E-state index >= 15 is 0 Å². The van der Waals surface area contributed by atoms with Crippen LogP contribution < -0.4 is 24.4 Å². The molecule has 1 aliphatic rings. The van der Waals surface area contributed by atoms with Crippen molar-refractivity contribution in [3.8, 4) is 17.2 Å². The van der Waals surface area contributed by atoms with Gasteiger partial charge in [-0.05, 0) is 57.5 Å². The summed E-state index contributed by atoms with van der Waals surface area (Å²) in [5.41, 5.74) is 1.61. The Morgan fingerprint density at radius 2 is 1.66 bits per heavy atom. The molecule has 172 valence electrons. The number of benzene rings is 2. The molecule has 7 heteroatoms. The fourth-order valence-corrected chi connectivity index (χ4v) is 3.83. The van der Waals surface area contributed by atoms with Crippen LogP contribution in [0.1, 0.15) is 45.7 Å². The van der Waals surface area contributed by atoms with Crippen LogP contribution >= 0.6 is 0 Å². The molecule has 0 aliphatic carbocycles. The van der Waals surface area contributed by atoms with Gasteiger partial charge in [0.05, 0.1) is 37.5 Å². The molecule has 1 fully saturated rings. The lowest BCUT2D eigenvalue weighted by Crippen LogP contribution is -2.34. The van der Waals surface area contributed by atoms with Crippen LogP contribution in [-0.4, -0.2) is 38.2 Å². The molecule has 1 heterocycles. The zero-order valence-electron chi connectivity index (χ0n) is 19.2. The van der Waals surface area contributed by atoms with E-state index in [1.807, 2.05) is 70.2 Å². The molecular weight excluding hydrogens is 408 g/mol. The summed E-state index contributed by atoms with van der Waals surface area (Å²) in [6.07, 6.45) is 0.173. The van der Waals surface area contributed by atoms with E-state index in [1.165, 1.54) is 0 Å². The Kier molecular flexibility index (Phi) is 7.98. The van der Waals surface area contributed by atoms with Gasteiger partial charge in [0, 0.05) is 13.0 Å². The molecule has 7 nitrogen and oxygen atoms in total. The fourth-order valence-electron chi connectivity index (χ4n) is 3.83. The second-order valence-electron chi connectivity index (χ2n) is 7.61. The Hall–Kier alpha value is -3.22. The smallest absolute Gasteiger partial charge is 0.227 e. The molecule has 0 saturated carbocycles. The molecule has 0 aromatic heterocycles. The Morgan fingerprint density at radius 3 is 2.38 bits per heavy atom. The summed E-state index contributed by atoms with van der Waals surface area (Å²) in [6, 6.07) is 12.9. The van der Waals surface area contributed by atoms with Crippen LogP contribution in [0.3, 0.4) is 0 Å². The van der Waals surface area contributed by atoms with E-state index in [2.05, 4.69) is 5.32 Å². The quantitative estimate of drug-likeness (QED) is 0.602. The van der Waals surface area contributed by atoms with E-state index in [-0.39, 0.29) is 24.3 Å². The molecule has 1 N–H and O–H groups in total. The van der Waals surface area contributed by atoms with Gasteiger partial charge in [-0.1, -0.05) is 18.2 Å². The third kappa shape index (κ3) is 5.33. The van der Waals surface area contributed by atoms with Gasteiger partial charge in [-0.15, -0.1) is 0 Å². The fraction of sp³-hybridized carbons (Fsp3) is 0.440. The third-order valence-electron chi connectivity index (χ3n) is 5.38. The molecule has 3 rings (SSSR count). The maximum absolute atomic E-state index is 13.0. The Bertz CT molecular complexity index is 946. The highest BCUT2D eigenvalue weighted by molar-refractivity contribution is 6.01. The van der Waals surface area contributed by atoms with Gasteiger partial charge in [-0.3, -0.25) is 9.59 Å². The molecule has 2 aromatic carbocycles. The van der Waals surface area contributed by atoms with Crippen molar-refractivity contribution >= 4 is 17.5 Å². The van der Waals surface area contributed by atoms with E-state index < -0.39 is 5.92 Å². The summed E-state index contributed by atoms with van der Waals surface area (Å²) in [7, 11) is 0. The molecule has 0 radical (unpaired) electrons. The van der Waals surface area contributed by atoms with Crippen molar-refractivity contribution in [2.24, 2.45) is 5.92 Å². The number of nitrogens with one attached hydrogen (secondary N) is 1. The second kappa shape index (κ2) is 10.9.